The van der Waals surface area contributed by atoms with E-state index in [1.807, 2.05) is 37.3 Å². The number of amides is 1. The number of benzene rings is 1. The fourth-order valence-corrected chi connectivity index (χ4v) is 1.66. The van der Waals surface area contributed by atoms with Gasteiger partial charge in [-0.3, -0.25) is 4.79 Å². The zero-order chi connectivity index (χ0) is 13.6. The Bertz CT molecular complexity index is 377. The van der Waals surface area contributed by atoms with Crippen LogP contribution in [-0.4, -0.2) is 25.7 Å². The van der Waals surface area contributed by atoms with Crippen molar-refractivity contribution in [2.45, 2.75) is 31.8 Å². The summed E-state index contributed by atoms with van der Waals surface area (Å²) in [4.78, 5) is 12.2. The van der Waals surface area contributed by atoms with Gasteiger partial charge >= 0.3 is 0 Å². The average molecular weight is 250 g/mol. The maximum Gasteiger partial charge on any atom is 0.244 e. The number of hydrogen-bond donors (Lipinski definition) is 2. The van der Waals surface area contributed by atoms with Gasteiger partial charge in [-0.1, -0.05) is 30.3 Å². The molecule has 0 spiro atoms. The molecule has 1 rings (SSSR count). The van der Waals surface area contributed by atoms with E-state index in [0.717, 1.165) is 12.0 Å². The van der Waals surface area contributed by atoms with Crippen LogP contribution in [0.2, 0.25) is 0 Å². The second-order valence-electron chi connectivity index (χ2n) is 4.72. The predicted molar refractivity (Wildman–Crippen MR) is 72.1 cm³/mol. The number of ether oxygens (including phenoxy) is 1. The van der Waals surface area contributed by atoms with Gasteiger partial charge in [0.05, 0.1) is 0 Å². The lowest BCUT2D eigenvalue weighted by Crippen LogP contribution is -2.51. The lowest BCUT2D eigenvalue weighted by Gasteiger charge is -2.26. The number of nitrogens with one attached hydrogen (secondary N) is 1. The van der Waals surface area contributed by atoms with Gasteiger partial charge in [-0.15, -0.1) is 0 Å². The second-order valence-corrected chi connectivity index (χ2v) is 4.72. The fraction of sp³-hybridized carbons (Fsp3) is 0.500. The van der Waals surface area contributed by atoms with Crippen molar-refractivity contribution in [3.8, 4) is 0 Å². The van der Waals surface area contributed by atoms with Crippen LogP contribution >= 0.6 is 0 Å². The van der Waals surface area contributed by atoms with Crippen molar-refractivity contribution in [1.29, 1.82) is 0 Å². The molecule has 0 fully saturated rings. The second kappa shape index (κ2) is 6.52. The molecular weight excluding hydrogens is 228 g/mol. The van der Waals surface area contributed by atoms with Crippen LogP contribution < -0.4 is 11.1 Å². The van der Waals surface area contributed by atoms with E-state index in [0.29, 0.717) is 6.61 Å². The smallest absolute Gasteiger partial charge is 0.244 e. The Hall–Kier alpha value is -1.39. The Balaban J connectivity index is 2.65. The lowest BCUT2D eigenvalue weighted by molar-refractivity contribution is -0.126. The van der Waals surface area contributed by atoms with E-state index >= 15 is 0 Å². The highest BCUT2D eigenvalue weighted by Crippen LogP contribution is 2.17. The van der Waals surface area contributed by atoms with Crippen molar-refractivity contribution in [3.63, 3.8) is 0 Å². The zero-order valence-corrected chi connectivity index (χ0v) is 11.3. The van der Waals surface area contributed by atoms with Crippen LogP contribution in [0, 0.1) is 0 Å². The third-order valence-corrected chi connectivity index (χ3v) is 2.98. The molecule has 100 valence electrons. The summed E-state index contributed by atoms with van der Waals surface area (Å²) < 4.78 is 4.98. The van der Waals surface area contributed by atoms with E-state index in [9.17, 15) is 4.79 Å². The number of hydrogen-bond acceptors (Lipinski definition) is 3. The van der Waals surface area contributed by atoms with Crippen LogP contribution in [0.3, 0.4) is 0 Å². The summed E-state index contributed by atoms with van der Waals surface area (Å²) >= 11 is 0. The van der Waals surface area contributed by atoms with Gasteiger partial charge in [-0.2, -0.15) is 0 Å². The first kappa shape index (κ1) is 14.7. The molecule has 0 aliphatic carbocycles. The van der Waals surface area contributed by atoms with Crippen molar-refractivity contribution in [1.82, 2.24) is 5.32 Å². The minimum atomic E-state index is -1.01. The highest BCUT2D eigenvalue weighted by molar-refractivity contribution is 5.87. The summed E-state index contributed by atoms with van der Waals surface area (Å²) in [5.74, 6) is -0.169. The van der Waals surface area contributed by atoms with Gasteiger partial charge in [0, 0.05) is 19.8 Å². The summed E-state index contributed by atoms with van der Waals surface area (Å²) in [6.07, 6.45) is 0.771. The van der Waals surface area contributed by atoms with Crippen molar-refractivity contribution in [2.75, 3.05) is 13.7 Å². The number of carbonyl (C=O) groups is 1. The van der Waals surface area contributed by atoms with Gasteiger partial charge in [-0.05, 0) is 25.8 Å². The molecule has 0 aliphatic heterocycles. The average Bonchev–Trinajstić information content (AvgIpc) is 2.37. The van der Waals surface area contributed by atoms with Crippen molar-refractivity contribution in [3.05, 3.63) is 35.9 Å². The topological polar surface area (TPSA) is 64.3 Å². The third-order valence-electron chi connectivity index (χ3n) is 2.98. The summed E-state index contributed by atoms with van der Waals surface area (Å²) in [5.41, 5.74) is 5.91. The zero-order valence-electron chi connectivity index (χ0n) is 11.3. The van der Waals surface area contributed by atoms with E-state index < -0.39 is 5.54 Å². The van der Waals surface area contributed by atoms with Gasteiger partial charge in [0.25, 0.3) is 0 Å². The van der Waals surface area contributed by atoms with Gasteiger partial charge in [0.15, 0.2) is 0 Å². The van der Waals surface area contributed by atoms with E-state index in [-0.39, 0.29) is 11.9 Å². The summed E-state index contributed by atoms with van der Waals surface area (Å²) in [6.45, 7) is 4.28. The quantitative estimate of drug-likeness (QED) is 0.802. The first-order valence-electron chi connectivity index (χ1n) is 6.12. The van der Waals surface area contributed by atoms with Crippen LogP contribution in [0.4, 0.5) is 0 Å². The van der Waals surface area contributed by atoms with Crippen LogP contribution in [-0.2, 0) is 15.1 Å². The third kappa shape index (κ3) is 3.82. The van der Waals surface area contributed by atoms with E-state index in [4.69, 9.17) is 10.5 Å². The van der Waals surface area contributed by atoms with Crippen molar-refractivity contribution >= 4 is 5.91 Å². The molecule has 0 saturated heterocycles. The maximum absolute atomic E-state index is 12.2. The molecule has 0 bridgehead atoms. The molecule has 1 aromatic rings. The van der Waals surface area contributed by atoms with Crippen molar-refractivity contribution in [2.24, 2.45) is 5.73 Å². The van der Waals surface area contributed by atoms with Crippen molar-refractivity contribution < 1.29 is 9.53 Å². The van der Waals surface area contributed by atoms with Crippen LogP contribution in [0.15, 0.2) is 30.3 Å². The van der Waals surface area contributed by atoms with E-state index in [1.165, 1.54) is 0 Å². The van der Waals surface area contributed by atoms with E-state index in [1.54, 1.807) is 14.0 Å². The lowest BCUT2D eigenvalue weighted by atomic mass is 9.92. The molecule has 0 aliphatic rings. The van der Waals surface area contributed by atoms with Gasteiger partial charge < -0.3 is 15.8 Å². The number of methoxy groups -OCH3 is 1. The van der Waals surface area contributed by atoms with Crippen LogP contribution in [0.1, 0.15) is 25.8 Å². The Morgan fingerprint density at radius 3 is 2.61 bits per heavy atom. The number of carbonyl (C=O) groups excluding carboxylic acids is 1. The predicted octanol–water partition coefficient (Wildman–Crippen LogP) is 1.40. The standard InChI is InChI=1S/C14H22N2O2/c1-11(9-10-18-3)16-13(17)14(2,15)12-7-5-4-6-8-12/h4-8,11H,9-10,15H2,1-3H3,(H,16,17). The molecule has 2 atom stereocenters. The Labute approximate surface area is 109 Å². The molecule has 0 aromatic heterocycles. The monoisotopic (exact) mass is 250 g/mol. The Morgan fingerprint density at radius 1 is 1.44 bits per heavy atom. The first-order chi connectivity index (χ1) is 8.48. The molecular formula is C14H22N2O2. The Morgan fingerprint density at radius 2 is 2.06 bits per heavy atom. The van der Waals surface area contributed by atoms with Gasteiger partial charge in [-0.25, -0.2) is 0 Å². The molecule has 3 N–H and O–H groups in total. The molecule has 18 heavy (non-hydrogen) atoms. The minimum absolute atomic E-state index is 0.0454. The maximum atomic E-state index is 12.2. The summed E-state index contributed by atoms with van der Waals surface area (Å²) in [6, 6.07) is 9.42. The van der Waals surface area contributed by atoms with E-state index in [2.05, 4.69) is 5.32 Å². The molecule has 4 heteroatoms. The number of nitrogens with two attached hydrogens (primary N) is 1. The molecule has 0 radical (unpaired) electrons. The molecule has 0 heterocycles. The van der Waals surface area contributed by atoms with Gasteiger partial charge in [0.1, 0.15) is 5.54 Å². The number of rotatable bonds is 6. The van der Waals surface area contributed by atoms with Crippen LogP contribution in [0.5, 0.6) is 0 Å². The highest BCUT2D eigenvalue weighted by atomic mass is 16.5. The normalized spacial score (nSPS) is 15.8. The summed E-state index contributed by atoms with van der Waals surface area (Å²) in [7, 11) is 1.64. The SMILES string of the molecule is COCCC(C)NC(=O)C(C)(N)c1ccccc1. The Kier molecular flexibility index (Phi) is 5.31. The molecule has 4 nitrogen and oxygen atoms in total. The van der Waals surface area contributed by atoms with Crippen LogP contribution in [0.25, 0.3) is 0 Å². The molecule has 2 unspecified atom stereocenters. The molecule has 0 saturated carbocycles. The largest absolute Gasteiger partial charge is 0.385 e. The highest BCUT2D eigenvalue weighted by Gasteiger charge is 2.30. The summed E-state index contributed by atoms with van der Waals surface area (Å²) in [5, 5.41) is 2.91. The fourth-order valence-electron chi connectivity index (χ4n) is 1.66. The van der Waals surface area contributed by atoms with Gasteiger partial charge in [0.2, 0.25) is 5.91 Å². The first-order valence-corrected chi connectivity index (χ1v) is 6.12. The molecule has 1 amide bonds. The molecule has 1 aromatic carbocycles. The minimum Gasteiger partial charge on any atom is -0.385 e.